The summed E-state index contributed by atoms with van der Waals surface area (Å²) in [5.41, 5.74) is 5.57. The van der Waals surface area contributed by atoms with Crippen LogP contribution in [0, 0.1) is 0 Å². The molecule has 0 saturated heterocycles. The molecule has 2 heterocycles. The van der Waals surface area contributed by atoms with E-state index >= 15 is 0 Å². The summed E-state index contributed by atoms with van der Waals surface area (Å²) >= 11 is 0. The maximum Gasteiger partial charge on any atom is 0.307 e. The maximum atomic E-state index is 12.5. The van der Waals surface area contributed by atoms with E-state index < -0.39 is 5.91 Å². The summed E-state index contributed by atoms with van der Waals surface area (Å²) in [4.78, 5) is 25.0. The number of para-hydroxylation sites is 3. The SMILES string of the molecule is O=C(Cn1cc(/C=N\NC(=O)c2cc3ccccc3o2)c2ccccc21)Nc1ccccc1. The largest absolute Gasteiger partial charge is 0.451 e. The summed E-state index contributed by atoms with van der Waals surface area (Å²) in [6.45, 7) is 0.147. The maximum absolute atomic E-state index is 12.5. The van der Waals surface area contributed by atoms with Gasteiger partial charge in [-0.25, -0.2) is 5.43 Å². The first kappa shape index (κ1) is 20.3. The lowest BCUT2D eigenvalue weighted by atomic mass is 10.2. The zero-order valence-corrected chi connectivity index (χ0v) is 17.6. The first-order valence-electron chi connectivity index (χ1n) is 10.4. The minimum absolute atomic E-state index is 0.136. The number of hydrogen-bond donors (Lipinski definition) is 2. The quantitative estimate of drug-likeness (QED) is 0.296. The van der Waals surface area contributed by atoms with E-state index in [9.17, 15) is 9.59 Å². The molecule has 162 valence electrons. The zero-order chi connectivity index (χ0) is 22.6. The van der Waals surface area contributed by atoms with Gasteiger partial charge in [0, 0.05) is 33.7 Å². The average molecular weight is 436 g/mol. The van der Waals surface area contributed by atoms with Crippen molar-refractivity contribution in [1.82, 2.24) is 9.99 Å². The Morgan fingerprint density at radius 1 is 0.939 bits per heavy atom. The molecule has 0 saturated carbocycles. The van der Waals surface area contributed by atoms with Gasteiger partial charge >= 0.3 is 5.91 Å². The molecule has 0 bridgehead atoms. The van der Waals surface area contributed by atoms with Crippen LogP contribution in [-0.4, -0.2) is 22.6 Å². The Labute approximate surface area is 189 Å². The van der Waals surface area contributed by atoms with Crippen LogP contribution in [-0.2, 0) is 11.3 Å². The van der Waals surface area contributed by atoms with Crippen LogP contribution in [0.15, 0.2) is 101 Å². The van der Waals surface area contributed by atoms with E-state index in [2.05, 4.69) is 15.8 Å². The number of nitrogens with zero attached hydrogens (tertiary/aromatic N) is 2. The number of hydrogen-bond acceptors (Lipinski definition) is 4. The molecule has 7 heteroatoms. The summed E-state index contributed by atoms with van der Waals surface area (Å²) in [7, 11) is 0. The number of nitrogens with one attached hydrogen (secondary N) is 2. The summed E-state index contributed by atoms with van der Waals surface area (Å²) in [6.07, 6.45) is 3.40. The van der Waals surface area contributed by atoms with E-state index in [0.717, 1.165) is 27.5 Å². The number of amides is 2. The van der Waals surface area contributed by atoms with Crippen molar-refractivity contribution < 1.29 is 14.0 Å². The highest BCUT2D eigenvalue weighted by molar-refractivity contribution is 6.01. The first-order chi connectivity index (χ1) is 16.2. The lowest BCUT2D eigenvalue weighted by molar-refractivity contribution is -0.116. The number of fused-ring (bicyclic) bond motifs is 2. The second-order valence-electron chi connectivity index (χ2n) is 7.49. The van der Waals surface area contributed by atoms with Crippen molar-refractivity contribution in [3.63, 3.8) is 0 Å². The molecule has 5 aromatic rings. The van der Waals surface area contributed by atoms with Crippen LogP contribution in [0.1, 0.15) is 16.1 Å². The minimum atomic E-state index is -0.437. The number of furan rings is 1. The lowest BCUT2D eigenvalue weighted by Crippen LogP contribution is -2.18. The number of carbonyl (C=O) groups excluding carboxylic acids is 2. The second kappa shape index (κ2) is 8.84. The topological polar surface area (TPSA) is 88.6 Å². The molecule has 0 atom stereocenters. The van der Waals surface area contributed by atoms with Gasteiger partial charge in [-0.15, -0.1) is 0 Å². The third kappa shape index (κ3) is 4.38. The number of rotatable bonds is 6. The van der Waals surface area contributed by atoms with Crippen LogP contribution < -0.4 is 10.7 Å². The van der Waals surface area contributed by atoms with Crippen LogP contribution in [0.3, 0.4) is 0 Å². The molecule has 5 rings (SSSR count). The van der Waals surface area contributed by atoms with Crippen LogP contribution in [0.25, 0.3) is 21.9 Å². The normalized spacial score (nSPS) is 11.3. The van der Waals surface area contributed by atoms with Gasteiger partial charge in [0.1, 0.15) is 12.1 Å². The monoisotopic (exact) mass is 436 g/mol. The summed E-state index contributed by atoms with van der Waals surface area (Å²) in [5.74, 6) is -0.384. The van der Waals surface area contributed by atoms with E-state index in [1.165, 1.54) is 0 Å². The molecule has 2 N–H and O–H groups in total. The van der Waals surface area contributed by atoms with Gasteiger partial charge in [-0.1, -0.05) is 54.6 Å². The highest BCUT2D eigenvalue weighted by Crippen LogP contribution is 2.21. The molecule has 0 aliphatic heterocycles. The second-order valence-corrected chi connectivity index (χ2v) is 7.49. The van der Waals surface area contributed by atoms with Crippen molar-refractivity contribution in [2.24, 2.45) is 5.10 Å². The fourth-order valence-corrected chi connectivity index (χ4v) is 3.69. The lowest BCUT2D eigenvalue weighted by Gasteiger charge is -2.07. The van der Waals surface area contributed by atoms with Gasteiger partial charge in [0.15, 0.2) is 5.76 Å². The van der Waals surface area contributed by atoms with Crippen molar-refractivity contribution in [1.29, 1.82) is 0 Å². The van der Waals surface area contributed by atoms with E-state index in [4.69, 9.17) is 4.42 Å². The molecule has 2 aromatic heterocycles. The predicted octanol–water partition coefficient (Wildman–Crippen LogP) is 4.79. The standard InChI is InChI=1S/C26H20N4O3/c31-25(28-20-9-2-1-3-10-20)17-30-16-19(21-11-5-6-12-22(21)30)15-27-29-26(32)24-14-18-8-4-7-13-23(18)33-24/h1-16H,17H2,(H,28,31)(H,29,32)/b27-15-. The highest BCUT2D eigenvalue weighted by atomic mass is 16.3. The minimum Gasteiger partial charge on any atom is -0.451 e. The van der Waals surface area contributed by atoms with Crippen molar-refractivity contribution >= 4 is 45.6 Å². The molecule has 0 spiro atoms. The van der Waals surface area contributed by atoms with E-state index in [-0.39, 0.29) is 18.2 Å². The van der Waals surface area contributed by atoms with Gasteiger partial charge in [0.25, 0.3) is 0 Å². The van der Waals surface area contributed by atoms with Gasteiger partial charge in [0.05, 0.1) is 6.21 Å². The molecule has 0 radical (unpaired) electrons. The average Bonchev–Trinajstić information content (AvgIpc) is 3.42. The summed E-state index contributed by atoms with van der Waals surface area (Å²) < 4.78 is 7.42. The summed E-state index contributed by atoms with van der Waals surface area (Å²) in [5, 5.41) is 8.76. The number of carbonyl (C=O) groups is 2. The molecule has 0 fully saturated rings. The van der Waals surface area contributed by atoms with Gasteiger partial charge in [-0.05, 0) is 30.3 Å². The Kier molecular flexibility index (Phi) is 5.43. The van der Waals surface area contributed by atoms with Gasteiger partial charge in [0.2, 0.25) is 5.91 Å². The molecule has 0 unspecified atom stereocenters. The van der Waals surface area contributed by atoms with Crippen LogP contribution in [0.5, 0.6) is 0 Å². The number of hydrazone groups is 1. The van der Waals surface area contributed by atoms with Gasteiger partial charge < -0.3 is 14.3 Å². The Morgan fingerprint density at radius 3 is 2.55 bits per heavy atom. The van der Waals surface area contributed by atoms with E-state index in [1.807, 2.05) is 83.6 Å². The van der Waals surface area contributed by atoms with Crippen LogP contribution in [0.4, 0.5) is 5.69 Å². The third-order valence-corrected chi connectivity index (χ3v) is 5.21. The van der Waals surface area contributed by atoms with E-state index in [1.54, 1.807) is 18.3 Å². The molecule has 2 amide bonds. The van der Waals surface area contributed by atoms with Crippen molar-refractivity contribution in [3.05, 3.63) is 102 Å². The Bertz CT molecular complexity index is 1450. The van der Waals surface area contributed by atoms with Crippen molar-refractivity contribution in [2.75, 3.05) is 5.32 Å². The third-order valence-electron chi connectivity index (χ3n) is 5.21. The Balaban J connectivity index is 1.32. The molecular weight excluding hydrogens is 416 g/mol. The fourth-order valence-electron chi connectivity index (χ4n) is 3.69. The molecule has 33 heavy (non-hydrogen) atoms. The smallest absolute Gasteiger partial charge is 0.307 e. The molecule has 3 aromatic carbocycles. The number of benzene rings is 3. The molecule has 0 aliphatic rings. The Morgan fingerprint density at radius 2 is 1.70 bits per heavy atom. The predicted molar refractivity (Wildman–Crippen MR) is 128 cm³/mol. The number of aromatic nitrogens is 1. The Hall–Kier alpha value is -4.65. The fraction of sp³-hybridized carbons (Fsp3) is 0.0385. The molecule has 0 aliphatic carbocycles. The van der Waals surface area contributed by atoms with Gasteiger partial charge in [-0.2, -0.15) is 5.10 Å². The first-order valence-corrected chi connectivity index (χ1v) is 10.4. The van der Waals surface area contributed by atoms with Crippen molar-refractivity contribution in [3.8, 4) is 0 Å². The highest BCUT2D eigenvalue weighted by Gasteiger charge is 2.12. The van der Waals surface area contributed by atoms with Crippen LogP contribution in [0.2, 0.25) is 0 Å². The molecule has 7 nitrogen and oxygen atoms in total. The summed E-state index contributed by atoms with van der Waals surface area (Å²) in [6, 6.07) is 26.1. The number of anilines is 1. The van der Waals surface area contributed by atoms with Gasteiger partial charge in [-0.3, -0.25) is 9.59 Å². The molecular formula is C26H20N4O3. The van der Waals surface area contributed by atoms with Crippen LogP contribution >= 0.6 is 0 Å². The van der Waals surface area contributed by atoms with E-state index in [0.29, 0.717) is 5.58 Å². The van der Waals surface area contributed by atoms with Crippen molar-refractivity contribution in [2.45, 2.75) is 6.54 Å². The zero-order valence-electron chi connectivity index (χ0n) is 17.6.